The SMILES string of the molecule is CN1CCC(NC(=O)Nc2ccc3[nH]ccc3n2)CC1. The molecule has 2 aromatic heterocycles. The normalized spacial score (nSPS) is 17.2. The van der Waals surface area contributed by atoms with Crippen LogP contribution in [0.5, 0.6) is 0 Å². The summed E-state index contributed by atoms with van der Waals surface area (Å²) in [6.07, 6.45) is 3.82. The molecule has 6 nitrogen and oxygen atoms in total. The molecule has 2 aromatic rings. The van der Waals surface area contributed by atoms with E-state index < -0.39 is 0 Å². The lowest BCUT2D eigenvalue weighted by molar-refractivity contribution is 0.221. The second kappa shape index (κ2) is 5.50. The number of pyridine rings is 1. The van der Waals surface area contributed by atoms with Crippen LogP contribution in [0.15, 0.2) is 24.4 Å². The molecule has 3 rings (SSSR count). The number of rotatable bonds is 2. The highest BCUT2D eigenvalue weighted by Gasteiger charge is 2.18. The van der Waals surface area contributed by atoms with Crippen molar-refractivity contribution in [2.24, 2.45) is 0 Å². The first-order valence-corrected chi connectivity index (χ1v) is 6.91. The fourth-order valence-electron chi connectivity index (χ4n) is 2.49. The first kappa shape index (κ1) is 12.9. The first-order chi connectivity index (χ1) is 9.70. The summed E-state index contributed by atoms with van der Waals surface area (Å²) in [5.41, 5.74) is 1.81. The minimum Gasteiger partial charge on any atom is -0.360 e. The molecule has 0 atom stereocenters. The molecule has 0 bridgehead atoms. The van der Waals surface area contributed by atoms with E-state index in [1.807, 2.05) is 18.3 Å². The van der Waals surface area contributed by atoms with Gasteiger partial charge in [-0.05, 0) is 51.2 Å². The van der Waals surface area contributed by atoms with Gasteiger partial charge in [0.15, 0.2) is 0 Å². The highest BCUT2D eigenvalue weighted by molar-refractivity contribution is 5.90. The number of anilines is 1. The number of carbonyl (C=O) groups is 1. The smallest absolute Gasteiger partial charge is 0.320 e. The van der Waals surface area contributed by atoms with Crippen LogP contribution >= 0.6 is 0 Å². The third-order valence-corrected chi connectivity index (χ3v) is 3.70. The molecule has 1 saturated heterocycles. The van der Waals surface area contributed by atoms with Crippen LogP contribution in [0.2, 0.25) is 0 Å². The summed E-state index contributed by atoms with van der Waals surface area (Å²) in [7, 11) is 2.10. The Morgan fingerprint density at radius 2 is 2.15 bits per heavy atom. The van der Waals surface area contributed by atoms with Gasteiger partial charge in [-0.2, -0.15) is 0 Å². The van der Waals surface area contributed by atoms with Gasteiger partial charge < -0.3 is 15.2 Å². The van der Waals surface area contributed by atoms with Crippen LogP contribution in [-0.4, -0.2) is 47.1 Å². The standard InChI is InChI=1S/C14H19N5O/c1-19-8-5-10(6-9-19)16-14(20)18-13-3-2-11-12(17-13)4-7-15-11/h2-4,7,10,15H,5-6,8-9H2,1H3,(H2,16,17,18,20). The van der Waals surface area contributed by atoms with Gasteiger partial charge in [0, 0.05) is 12.2 Å². The number of urea groups is 1. The van der Waals surface area contributed by atoms with Crippen molar-refractivity contribution in [3.05, 3.63) is 24.4 Å². The molecule has 0 saturated carbocycles. The Balaban J connectivity index is 1.58. The molecule has 3 N–H and O–H groups in total. The summed E-state index contributed by atoms with van der Waals surface area (Å²) in [5, 5.41) is 5.80. The predicted octanol–water partition coefficient (Wildman–Crippen LogP) is 1.78. The Kier molecular flexibility index (Phi) is 3.56. The Morgan fingerprint density at radius 3 is 2.95 bits per heavy atom. The number of nitrogens with zero attached hydrogens (tertiary/aromatic N) is 2. The average molecular weight is 273 g/mol. The van der Waals surface area contributed by atoms with E-state index in [1.54, 1.807) is 6.07 Å². The summed E-state index contributed by atoms with van der Waals surface area (Å²) in [4.78, 5) is 21.7. The second-order valence-electron chi connectivity index (χ2n) is 5.28. The van der Waals surface area contributed by atoms with Crippen LogP contribution in [0, 0.1) is 0 Å². The number of piperidine rings is 1. The number of aromatic nitrogens is 2. The highest BCUT2D eigenvalue weighted by Crippen LogP contribution is 2.13. The van der Waals surface area contributed by atoms with Crippen LogP contribution in [0.3, 0.4) is 0 Å². The molecule has 0 aromatic carbocycles. The van der Waals surface area contributed by atoms with Crippen LogP contribution in [-0.2, 0) is 0 Å². The summed E-state index contributed by atoms with van der Waals surface area (Å²) in [6.45, 7) is 2.05. The molecule has 1 fully saturated rings. The van der Waals surface area contributed by atoms with Gasteiger partial charge in [0.25, 0.3) is 0 Å². The lowest BCUT2D eigenvalue weighted by atomic mass is 10.1. The zero-order valence-electron chi connectivity index (χ0n) is 11.5. The lowest BCUT2D eigenvalue weighted by Crippen LogP contribution is -2.44. The zero-order valence-corrected chi connectivity index (χ0v) is 11.5. The van der Waals surface area contributed by atoms with E-state index in [2.05, 4.69) is 32.5 Å². The van der Waals surface area contributed by atoms with Crippen molar-refractivity contribution in [2.75, 3.05) is 25.5 Å². The molecule has 20 heavy (non-hydrogen) atoms. The van der Waals surface area contributed by atoms with E-state index in [4.69, 9.17) is 0 Å². The van der Waals surface area contributed by atoms with E-state index >= 15 is 0 Å². The number of hydrogen-bond acceptors (Lipinski definition) is 3. The summed E-state index contributed by atoms with van der Waals surface area (Å²) in [6, 6.07) is 5.67. The molecule has 0 aliphatic carbocycles. The topological polar surface area (TPSA) is 73.1 Å². The second-order valence-corrected chi connectivity index (χ2v) is 5.28. The molecule has 0 radical (unpaired) electrons. The van der Waals surface area contributed by atoms with Gasteiger partial charge in [-0.25, -0.2) is 9.78 Å². The van der Waals surface area contributed by atoms with E-state index in [-0.39, 0.29) is 12.1 Å². The number of likely N-dealkylation sites (tertiary alicyclic amines) is 1. The molecule has 0 spiro atoms. The van der Waals surface area contributed by atoms with Crippen molar-refractivity contribution in [1.29, 1.82) is 0 Å². The lowest BCUT2D eigenvalue weighted by Gasteiger charge is -2.29. The molecular weight excluding hydrogens is 254 g/mol. The quantitative estimate of drug-likeness (QED) is 0.781. The van der Waals surface area contributed by atoms with Gasteiger partial charge in [0.1, 0.15) is 5.82 Å². The molecule has 3 heterocycles. The first-order valence-electron chi connectivity index (χ1n) is 6.91. The van der Waals surface area contributed by atoms with Crippen molar-refractivity contribution in [1.82, 2.24) is 20.2 Å². The molecule has 6 heteroatoms. The third-order valence-electron chi connectivity index (χ3n) is 3.70. The zero-order chi connectivity index (χ0) is 13.9. The molecular formula is C14H19N5O. The highest BCUT2D eigenvalue weighted by atomic mass is 16.2. The van der Waals surface area contributed by atoms with Gasteiger partial charge in [-0.15, -0.1) is 0 Å². The average Bonchev–Trinajstić information content (AvgIpc) is 2.89. The van der Waals surface area contributed by atoms with Gasteiger partial charge >= 0.3 is 6.03 Å². The van der Waals surface area contributed by atoms with Crippen LogP contribution < -0.4 is 10.6 Å². The number of fused-ring (bicyclic) bond motifs is 1. The van der Waals surface area contributed by atoms with Gasteiger partial charge in [0.05, 0.1) is 11.0 Å². The molecule has 106 valence electrons. The Bertz CT molecular complexity index is 600. The van der Waals surface area contributed by atoms with Crippen LogP contribution in [0.1, 0.15) is 12.8 Å². The van der Waals surface area contributed by atoms with E-state index in [9.17, 15) is 4.79 Å². The molecule has 2 amide bonds. The van der Waals surface area contributed by atoms with Gasteiger partial charge in [0.2, 0.25) is 0 Å². The van der Waals surface area contributed by atoms with Crippen molar-refractivity contribution in [3.8, 4) is 0 Å². The van der Waals surface area contributed by atoms with Crippen molar-refractivity contribution in [3.63, 3.8) is 0 Å². The summed E-state index contributed by atoms with van der Waals surface area (Å²) < 4.78 is 0. The van der Waals surface area contributed by atoms with Gasteiger partial charge in [-0.3, -0.25) is 5.32 Å². The van der Waals surface area contributed by atoms with E-state index in [0.717, 1.165) is 37.0 Å². The van der Waals surface area contributed by atoms with Gasteiger partial charge in [-0.1, -0.05) is 0 Å². The van der Waals surface area contributed by atoms with Crippen molar-refractivity contribution < 1.29 is 4.79 Å². The number of carbonyl (C=O) groups excluding carboxylic acids is 1. The Hall–Kier alpha value is -2.08. The minimum absolute atomic E-state index is 0.179. The number of hydrogen-bond donors (Lipinski definition) is 3. The summed E-state index contributed by atoms with van der Waals surface area (Å²) >= 11 is 0. The molecule has 0 unspecified atom stereocenters. The van der Waals surface area contributed by atoms with Crippen LogP contribution in [0.25, 0.3) is 11.0 Å². The minimum atomic E-state index is -0.179. The molecule has 1 aliphatic heterocycles. The fourth-order valence-corrected chi connectivity index (χ4v) is 2.49. The maximum Gasteiger partial charge on any atom is 0.320 e. The Labute approximate surface area is 117 Å². The maximum absolute atomic E-state index is 12.0. The molecule has 1 aliphatic rings. The van der Waals surface area contributed by atoms with E-state index in [0.29, 0.717) is 5.82 Å². The van der Waals surface area contributed by atoms with Crippen LogP contribution in [0.4, 0.5) is 10.6 Å². The number of nitrogens with one attached hydrogen (secondary N) is 3. The third kappa shape index (κ3) is 2.91. The summed E-state index contributed by atoms with van der Waals surface area (Å²) in [5.74, 6) is 0.572. The number of H-pyrrole nitrogens is 1. The number of amides is 2. The fraction of sp³-hybridized carbons (Fsp3) is 0.429. The monoisotopic (exact) mass is 273 g/mol. The number of aromatic amines is 1. The largest absolute Gasteiger partial charge is 0.360 e. The maximum atomic E-state index is 12.0. The Morgan fingerprint density at radius 1 is 1.35 bits per heavy atom. The predicted molar refractivity (Wildman–Crippen MR) is 78.8 cm³/mol. The van der Waals surface area contributed by atoms with Crippen molar-refractivity contribution >= 4 is 22.9 Å². The van der Waals surface area contributed by atoms with Crippen molar-refractivity contribution in [2.45, 2.75) is 18.9 Å². The van der Waals surface area contributed by atoms with E-state index in [1.165, 1.54) is 0 Å².